The van der Waals surface area contributed by atoms with Crippen molar-refractivity contribution in [2.75, 3.05) is 0 Å². The highest BCUT2D eigenvalue weighted by Crippen LogP contribution is 2.30. The fourth-order valence-electron chi connectivity index (χ4n) is 1.96. The van der Waals surface area contributed by atoms with Crippen molar-refractivity contribution in [2.24, 2.45) is 0 Å². The molecular weight excluding hydrogens is 274 g/mol. The van der Waals surface area contributed by atoms with E-state index in [4.69, 9.17) is 11.6 Å². The van der Waals surface area contributed by atoms with E-state index in [-0.39, 0.29) is 0 Å². The Morgan fingerprint density at radius 1 is 0.947 bits per heavy atom. The Balaban J connectivity index is 1.88. The summed E-state index contributed by atoms with van der Waals surface area (Å²) < 4.78 is 0. The van der Waals surface area contributed by atoms with Crippen LogP contribution in [0.2, 0.25) is 5.02 Å². The Morgan fingerprint density at radius 3 is 2.68 bits per heavy atom. The smallest absolute Gasteiger partial charge is 0.0837 e. The molecule has 1 heterocycles. The van der Waals surface area contributed by atoms with Crippen molar-refractivity contribution in [1.29, 1.82) is 0 Å². The molecule has 3 aromatic rings. The third kappa shape index (κ3) is 2.75. The molecule has 0 radical (unpaired) electrons. The van der Waals surface area contributed by atoms with Gasteiger partial charge < -0.3 is 0 Å². The number of para-hydroxylation sites is 1. The van der Waals surface area contributed by atoms with Crippen LogP contribution in [0.15, 0.2) is 65.7 Å². The van der Waals surface area contributed by atoms with Crippen LogP contribution in [0.3, 0.4) is 0 Å². The monoisotopic (exact) mass is 285 g/mol. The predicted molar refractivity (Wildman–Crippen MR) is 82.8 cm³/mol. The minimum atomic E-state index is 0.822. The molecule has 1 aromatic heterocycles. The molecule has 0 aliphatic rings. The molecule has 0 fully saturated rings. The van der Waals surface area contributed by atoms with E-state index in [2.05, 4.69) is 35.3 Å². The molecule has 0 spiro atoms. The normalized spacial score (nSPS) is 10.8. The van der Waals surface area contributed by atoms with Gasteiger partial charge in [-0.1, -0.05) is 48.0 Å². The molecule has 0 N–H and O–H groups in total. The molecule has 1 nitrogen and oxygen atoms in total. The van der Waals surface area contributed by atoms with Gasteiger partial charge in [0, 0.05) is 27.3 Å². The number of benzene rings is 2. The van der Waals surface area contributed by atoms with Crippen LogP contribution in [0.1, 0.15) is 5.56 Å². The quantitative estimate of drug-likeness (QED) is 0.615. The molecule has 3 heteroatoms. The standard InChI is InChI=1S/C16H12ClNS/c17-14-8-2-1-5-13(14)11-19-15-9-3-6-12-7-4-10-18-16(12)15/h1-10H,11H2. The summed E-state index contributed by atoms with van der Waals surface area (Å²) in [6, 6.07) is 18.3. The van der Waals surface area contributed by atoms with E-state index in [0.29, 0.717) is 0 Å². The second-order valence-corrected chi connectivity index (χ2v) is 5.64. The molecule has 2 aromatic carbocycles. The van der Waals surface area contributed by atoms with Crippen molar-refractivity contribution in [2.45, 2.75) is 10.6 Å². The van der Waals surface area contributed by atoms with Gasteiger partial charge in [-0.05, 0) is 23.8 Å². The number of pyridine rings is 1. The third-order valence-electron chi connectivity index (χ3n) is 2.94. The Labute approximate surface area is 121 Å². The molecule has 0 saturated heterocycles. The molecular formula is C16H12ClNS. The molecule has 94 valence electrons. The van der Waals surface area contributed by atoms with Gasteiger partial charge in [0.2, 0.25) is 0 Å². The second-order valence-electron chi connectivity index (χ2n) is 4.21. The minimum absolute atomic E-state index is 0.822. The second kappa shape index (κ2) is 5.64. The van der Waals surface area contributed by atoms with Crippen LogP contribution in [0.25, 0.3) is 10.9 Å². The van der Waals surface area contributed by atoms with Gasteiger partial charge in [-0.3, -0.25) is 4.98 Å². The van der Waals surface area contributed by atoms with Gasteiger partial charge in [-0.25, -0.2) is 0 Å². The largest absolute Gasteiger partial charge is 0.255 e. The van der Waals surface area contributed by atoms with Gasteiger partial charge in [-0.2, -0.15) is 0 Å². The summed E-state index contributed by atoms with van der Waals surface area (Å²) in [5.74, 6) is 0.857. The van der Waals surface area contributed by atoms with Crippen LogP contribution in [0, 0.1) is 0 Å². The zero-order valence-corrected chi connectivity index (χ0v) is 11.8. The number of fused-ring (bicyclic) bond motifs is 1. The number of thioether (sulfide) groups is 1. The van der Waals surface area contributed by atoms with Gasteiger partial charge in [0.15, 0.2) is 0 Å². The lowest BCUT2D eigenvalue weighted by molar-refractivity contribution is 1.34. The van der Waals surface area contributed by atoms with Gasteiger partial charge in [-0.15, -0.1) is 11.8 Å². The molecule has 3 rings (SSSR count). The van der Waals surface area contributed by atoms with Crippen molar-refractivity contribution in [1.82, 2.24) is 4.98 Å². The number of aromatic nitrogens is 1. The number of hydrogen-bond acceptors (Lipinski definition) is 2. The van der Waals surface area contributed by atoms with E-state index < -0.39 is 0 Å². The zero-order valence-electron chi connectivity index (χ0n) is 10.2. The first-order valence-electron chi connectivity index (χ1n) is 6.04. The Hall–Kier alpha value is -1.51. The predicted octanol–water partition coefficient (Wildman–Crippen LogP) is 5.18. The zero-order chi connectivity index (χ0) is 13.1. The molecule has 0 aliphatic carbocycles. The van der Waals surface area contributed by atoms with Gasteiger partial charge in [0.05, 0.1) is 5.52 Å². The topological polar surface area (TPSA) is 12.9 Å². The lowest BCUT2D eigenvalue weighted by Crippen LogP contribution is -1.85. The Kier molecular flexibility index (Phi) is 3.72. The maximum absolute atomic E-state index is 6.18. The van der Waals surface area contributed by atoms with Crippen molar-refractivity contribution in [3.8, 4) is 0 Å². The lowest BCUT2D eigenvalue weighted by Gasteiger charge is -2.06. The first kappa shape index (κ1) is 12.5. The summed E-state index contributed by atoms with van der Waals surface area (Å²) >= 11 is 7.95. The molecule has 0 saturated carbocycles. The van der Waals surface area contributed by atoms with Crippen LogP contribution in [0.4, 0.5) is 0 Å². The van der Waals surface area contributed by atoms with E-state index in [0.717, 1.165) is 21.9 Å². The van der Waals surface area contributed by atoms with Gasteiger partial charge in [0.1, 0.15) is 0 Å². The van der Waals surface area contributed by atoms with E-state index in [9.17, 15) is 0 Å². The van der Waals surface area contributed by atoms with E-state index in [1.807, 2.05) is 30.5 Å². The van der Waals surface area contributed by atoms with Crippen LogP contribution in [0.5, 0.6) is 0 Å². The summed E-state index contributed by atoms with van der Waals surface area (Å²) in [6.07, 6.45) is 1.84. The SMILES string of the molecule is Clc1ccccc1CSc1cccc2cccnc12. The molecule has 0 amide bonds. The molecule has 0 bridgehead atoms. The van der Waals surface area contributed by atoms with E-state index in [1.54, 1.807) is 11.8 Å². The number of hydrogen-bond donors (Lipinski definition) is 0. The van der Waals surface area contributed by atoms with Crippen molar-refractivity contribution >= 4 is 34.3 Å². The first-order valence-corrected chi connectivity index (χ1v) is 7.41. The fourth-order valence-corrected chi connectivity index (χ4v) is 3.29. The molecule has 0 atom stereocenters. The summed E-state index contributed by atoms with van der Waals surface area (Å²) in [6.45, 7) is 0. The average molecular weight is 286 g/mol. The summed E-state index contributed by atoms with van der Waals surface area (Å²) in [5.41, 5.74) is 2.21. The minimum Gasteiger partial charge on any atom is -0.255 e. The van der Waals surface area contributed by atoms with Crippen molar-refractivity contribution in [3.05, 3.63) is 71.4 Å². The van der Waals surface area contributed by atoms with Crippen LogP contribution < -0.4 is 0 Å². The van der Waals surface area contributed by atoms with Crippen LogP contribution in [-0.2, 0) is 5.75 Å². The van der Waals surface area contributed by atoms with Gasteiger partial charge in [0.25, 0.3) is 0 Å². The highest BCUT2D eigenvalue weighted by Gasteiger charge is 2.04. The summed E-state index contributed by atoms with van der Waals surface area (Å²) in [4.78, 5) is 5.65. The molecule has 0 unspecified atom stereocenters. The molecule has 0 aliphatic heterocycles. The van der Waals surface area contributed by atoms with Crippen LogP contribution in [-0.4, -0.2) is 4.98 Å². The van der Waals surface area contributed by atoms with Crippen LogP contribution >= 0.6 is 23.4 Å². The number of rotatable bonds is 3. The fraction of sp³-hybridized carbons (Fsp3) is 0.0625. The molecule has 19 heavy (non-hydrogen) atoms. The highest BCUT2D eigenvalue weighted by molar-refractivity contribution is 7.98. The van der Waals surface area contributed by atoms with Crippen molar-refractivity contribution < 1.29 is 0 Å². The summed E-state index contributed by atoms with van der Waals surface area (Å²) in [7, 11) is 0. The van der Waals surface area contributed by atoms with E-state index in [1.165, 1.54) is 10.3 Å². The maximum Gasteiger partial charge on any atom is 0.0837 e. The highest BCUT2D eigenvalue weighted by atomic mass is 35.5. The van der Waals surface area contributed by atoms with E-state index >= 15 is 0 Å². The third-order valence-corrected chi connectivity index (χ3v) is 4.40. The average Bonchev–Trinajstić information content (AvgIpc) is 2.46. The maximum atomic E-state index is 6.18. The Bertz CT molecular complexity index is 706. The number of nitrogens with zero attached hydrogens (tertiary/aromatic N) is 1. The summed E-state index contributed by atoms with van der Waals surface area (Å²) in [5, 5.41) is 2.00. The van der Waals surface area contributed by atoms with Gasteiger partial charge >= 0.3 is 0 Å². The van der Waals surface area contributed by atoms with Crippen molar-refractivity contribution in [3.63, 3.8) is 0 Å². The Morgan fingerprint density at radius 2 is 1.79 bits per heavy atom. The first-order chi connectivity index (χ1) is 9.34. The lowest BCUT2D eigenvalue weighted by atomic mass is 10.2. The number of halogens is 1.